The first-order valence-electron chi connectivity index (χ1n) is 7.77. The molecule has 0 aliphatic carbocycles. The van der Waals surface area contributed by atoms with Gasteiger partial charge in [0.25, 0.3) is 11.8 Å². The van der Waals surface area contributed by atoms with Crippen LogP contribution in [0.3, 0.4) is 0 Å². The molecule has 2 amide bonds. The van der Waals surface area contributed by atoms with Gasteiger partial charge >= 0.3 is 0 Å². The lowest BCUT2D eigenvalue weighted by molar-refractivity contribution is 0.0946. The molecule has 138 valence electrons. The number of halogens is 3. The van der Waals surface area contributed by atoms with Crippen molar-refractivity contribution in [3.05, 3.63) is 82.9 Å². The van der Waals surface area contributed by atoms with Gasteiger partial charge in [0.15, 0.2) is 0 Å². The Bertz CT molecular complexity index is 984. The lowest BCUT2D eigenvalue weighted by atomic mass is 10.1. The van der Waals surface area contributed by atoms with Crippen LogP contribution in [-0.4, -0.2) is 22.0 Å². The van der Waals surface area contributed by atoms with Crippen LogP contribution in [0.15, 0.2) is 48.7 Å². The monoisotopic (exact) mass is 374 g/mol. The summed E-state index contributed by atoms with van der Waals surface area (Å²) in [6.45, 7) is -0.0974. The number of H-pyrrole nitrogens is 1. The Hall–Kier alpha value is -3.62. The van der Waals surface area contributed by atoms with E-state index in [1.165, 1.54) is 18.2 Å². The second-order valence-electron chi connectivity index (χ2n) is 5.48. The molecule has 0 spiro atoms. The maximum Gasteiger partial charge on any atom is 0.271 e. The summed E-state index contributed by atoms with van der Waals surface area (Å²) < 4.78 is 41.0. The predicted octanol–water partition coefficient (Wildman–Crippen LogP) is 3.01. The molecule has 0 bridgehead atoms. The summed E-state index contributed by atoms with van der Waals surface area (Å²) in [5.41, 5.74) is -0.731. The van der Waals surface area contributed by atoms with Crippen LogP contribution in [-0.2, 0) is 6.54 Å². The first-order chi connectivity index (χ1) is 13.0. The molecule has 0 aliphatic rings. The number of rotatable bonds is 5. The van der Waals surface area contributed by atoms with Crippen molar-refractivity contribution in [2.75, 3.05) is 5.32 Å². The third kappa shape index (κ3) is 3.97. The van der Waals surface area contributed by atoms with Crippen LogP contribution in [0.5, 0.6) is 0 Å². The summed E-state index contributed by atoms with van der Waals surface area (Å²) >= 11 is 0. The maximum absolute atomic E-state index is 13.7. The molecule has 3 aromatic rings. The average Bonchev–Trinajstić information content (AvgIpc) is 3.09. The Balaban J connectivity index is 1.73. The number of anilines is 1. The molecule has 3 rings (SSSR count). The summed E-state index contributed by atoms with van der Waals surface area (Å²) in [7, 11) is 0. The van der Waals surface area contributed by atoms with Crippen molar-refractivity contribution in [2.24, 2.45) is 0 Å². The Labute approximate surface area is 151 Å². The topological polar surface area (TPSA) is 86.9 Å². The van der Waals surface area contributed by atoms with E-state index in [1.807, 2.05) is 0 Å². The fourth-order valence-electron chi connectivity index (χ4n) is 2.36. The van der Waals surface area contributed by atoms with Crippen molar-refractivity contribution in [1.29, 1.82) is 0 Å². The van der Waals surface area contributed by atoms with E-state index >= 15 is 0 Å². The molecule has 0 fully saturated rings. The lowest BCUT2D eigenvalue weighted by Crippen LogP contribution is -2.25. The highest BCUT2D eigenvalue weighted by Gasteiger charge is 2.21. The van der Waals surface area contributed by atoms with Crippen LogP contribution in [0.4, 0.5) is 18.9 Å². The first-order valence-corrected chi connectivity index (χ1v) is 7.77. The zero-order valence-electron chi connectivity index (χ0n) is 13.7. The number of benzene rings is 2. The molecule has 0 saturated carbocycles. The smallest absolute Gasteiger partial charge is 0.271 e. The van der Waals surface area contributed by atoms with Crippen LogP contribution in [0, 0.1) is 17.5 Å². The number of hydrogen-bond acceptors (Lipinski definition) is 3. The van der Waals surface area contributed by atoms with Gasteiger partial charge in [0.2, 0.25) is 0 Å². The van der Waals surface area contributed by atoms with E-state index in [-0.39, 0.29) is 23.5 Å². The van der Waals surface area contributed by atoms with E-state index in [1.54, 1.807) is 6.07 Å². The van der Waals surface area contributed by atoms with Crippen molar-refractivity contribution in [3.8, 4) is 0 Å². The van der Waals surface area contributed by atoms with E-state index in [2.05, 4.69) is 20.8 Å². The maximum atomic E-state index is 13.7. The van der Waals surface area contributed by atoms with E-state index in [9.17, 15) is 22.8 Å². The summed E-state index contributed by atoms with van der Waals surface area (Å²) in [6.07, 6.45) is 1.12. The normalized spacial score (nSPS) is 10.5. The molecule has 6 nitrogen and oxygen atoms in total. The average molecular weight is 374 g/mol. The van der Waals surface area contributed by atoms with Gasteiger partial charge in [-0.05, 0) is 18.2 Å². The Morgan fingerprint density at radius 1 is 0.926 bits per heavy atom. The fourth-order valence-corrected chi connectivity index (χ4v) is 2.36. The number of aromatic nitrogens is 2. The highest BCUT2D eigenvalue weighted by Crippen LogP contribution is 2.17. The predicted molar refractivity (Wildman–Crippen MR) is 90.5 cm³/mol. The molecule has 0 unspecified atom stereocenters. The quantitative estimate of drug-likeness (QED) is 0.642. The Morgan fingerprint density at radius 2 is 1.59 bits per heavy atom. The molecular weight excluding hydrogens is 361 g/mol. The van der Waals surface area contributed by atoms with Gasteiger partial charge in [0.05, 0.1) is 11.9 Å². The van der Waals surface area contributed by atoms with Gasteiger partial charge in [0.1, 0.15) is 28.7 Å². The minimum atomic E-state index is -1.07. The van der Waals surface area contributed by atoms with E-state index in [0.717, 1.165) is 24.4 Å². The summed E-state index contributed by atoms with van der Waals surface area (Å²) in [4.78, 5) is 24.4. The first kappa shape index (κ1) is 18.2. The second-order valence-corrected chi connectivity index (χ2v) is 5.48. The zero-order chi connectivity index (χ0) is 19.4. The van der Waals surface area contributed by atoms with Gasteiger partial charge in [-0.25, -0.2) is 13.2 Å². The van der Waals surface area contributed by atoms with Crippen molar-refractivity contribution < 1.29 is 22.8 Å². The number of hydrogen-bond donors (Lipinski definition) is 3. The summed E-state index contributed by atoms with van der Waals surface area (Å²) in [5.74, 6) is -4.32. The van der Waals surface area contributed by atoms with Crippen molar-refractivity contribution in [1.82, 2.24) is 15.5 Å². The van der Waals surface area contributed by atoms with Gasteiger partial charge in [-0.15, -0.1) is 0 Å². The molecular formula is C18H13F3N4O2. The van der Waals surface area contributed by atoms with Gasteiger partial charge in [-0.2, -0.15) is 5.10 Å². The number of amides is 2. The van der Waals surface area contributed by atoms with Gasteiger partial charge < -0.3 is 10.6 Å². The summed E-state index contributed by atoms with van der Waals surface area (Å²) in [5, 5.41) is 10.7. The van der Waals surface area contributed by atoms with E-state index in [4.69, 9.17) is 0 Å². The van der Waals surface area contributed by atoms with Crippen molar-refractivity contribution >= 4 is 17.5 Å². The van der Waals surface area contributed by atoms with E-state index < -0.39 is 34.8 Å². The summed E-state index contributed by atoms with van der Waals surface area (Å²) in [6, 6.07) is 8.91. The molecule has 0 atom stereocenters. The van der Waals surface area contributed by atoms with Crippen LogP contribution >= 0.6 is 0 Å². The minimum Gasteiger partial charge on any atom is -0.346 e. The Morgan fingerprint density at radius 3 is 2.30 bits per heavy atom. The van der Waals surface area contributed by atoms with Gasteiger partial charge in [-0.3, -0.25) is 14.7 Å². The van der Waals surface area contributed by atoms with Gasteiger partial charge in [0, 0.05) is 12.1 Å². The minimum absolute atomic E-state index is 0.0753. The fraction of sp³-hybridized carbons (Fsp3) is 0.0556. The number of nitrogens with one attached hydrogen (secondary N) is 3. The number of nitrogens with zero attached hydrogens (tertiary/aromatic N) is 1. The number of aromatic amines is 1. The van der Waals surface area contributed by atoms with Crippen molar-refractivity contribution in [2.45, 2.75) is 6.54 Å². The van der Waals surface area contributed by atoms with Gasteiger partial charge in [-0.1, -0.05) is 24.3 Å². The molecule has 1 aromatic heterocycles. The molecule has 2 aromatic carbocycles. The Kier molecular flexibility index (Phi) is 5.20. The third-order valence-electron chi connectivity index (χ3n) is 3.70. The highest BCUT2D eigenvalue weighted by molar-refractivity contribution is 6.08. The third-order valence-corrected chi connectivity index (χ3v) is 3.70. The zero-order valence-corrected chi connectivity index (χ0v) is 13.7. The van der Waals surface area contributed by atoms with E-state index in [0.29, 0.717) is 0 Å². The molecule has 3 N–H and O–H groups in total. The largest absolute Gasteiger partial charge is 0.346 e. The van der Waals surface area contributed by atoms with Crippen LogP contribution < -0.4 is 10.6 Å². The SMILES string of the molecule is O=C(NCc1ccccc1F)c1[nH]ncc1NC(=O)c1c(F)cccc1F. The molecule has 1 heterocycles. The van der Waals surface area contributed by atoms with Crippen LogP contribution in [0.2, 0.25) is 0 Å². The molecule has 0 radical (unpaired) electrons. The van der Waals surface area contributed by atoms with Crippen LogP contribution in [0.1, 0.15) is 26.4 Å². The molecule has 0 saturated heterocycles. The van der Waals surface area contributed by atoms with Crippen LogP contribution in [0.25, 0.3) is 0 Å². The number of carbonyl (C=O) groups is 2. The lowest BCUT2D eigenvalue weighted by Gasteiger charge is -2.08. The molecule has 0 aliphatic heterocycles. The molecule has 27 heavy (non-hydrogen) atoms. The standard InChI is InChI=1S/C18H13F3N4O2/c19-11-5-2-1-4-10(11)8-22-18(27)16-14(9-23-25-16)24-17(26)15-12(20)6-3-7-13(15)21/h1-7,9H,8H2,(H,22,27)(H,23,25)(H,24,26). The molecule has 9 heteroatoms. The second kappa shape index (κ2) is 7.73. The highest BCUT2D eigenvalue weighted by atomic mass is 19.1. The number of carbonyl (C=O) groups excluding carboxylic acids is 2. The van der Waals surface area contributed by atoms with Crippen molar-refractivity contribution in [3.63, 3.8) is 0 Å².